The Hall–Kier alpha value is -2.25. The Morgan fingerprint density at radius 1 is 1.39 bits per heavy atom. The molecule has 1 aromatic carbocycles. The van der Waals surface area contributed by atoms with Crippen molar-refractivity contribution >= 4 is 17.3 Å². The Morgan fingerprint density at radius 3 is 2.61 bits per heavy atom. The van der Waals surface area contributed by atoms with Crippen LogP contribution in [0.5, 0.6) is 0 Å². The summed E-state index contributed by atoms with van der Waals surface area (Å²) in [6.07, 6.45) is 0. The Kier molecular flexibility index (Phi) is 4.52. The van der Waals surface area contributed by atoms with Crippen molar-refractivity contribution in [3.8, 4) is 0 Å². The van der Waals surface area contributed by atoms with E-state index in [-0.39, 0.29) is 24.7 Å². The zero-order valence-electron chi connectivity index (χ0n) is 9.50. The number of nitrogens with one attached hydrogen (secondary N) is 2. The predicted octanol–water partition coefficient (Wildman–Crippen LogP) is 1.42. The van der Waals surface area contributed by atoms with E-state index < -0.39 is 22.2 Å². The largest absolute Gasteiger partial charge is 0.378 e. The van der Waals surface area contributed by atoms with Gasteiger partial charge in [0.15, 0.2) is 0 Å². The molecule has 0 spiro atoms. The lowest BCUT2D eigenvalue weighted by Crippen LogP contribution is -2.26. The van der Waals surface area contributed by atoms with Gasteiger partial charge < -0.3 is 10.6 Å². The van der Waals surface area contributed by atoms with Gasteiger partial charge in [-0.1, -0.05) is 0 Å². The average molecular weight is 259 g/mol. The summed E-state index contributed by atoms with van der Waals surface area (Å²) < 4.78 is 26.1. The van der Waals surface area contributed by atoms with E-state index in [1.54, 1.807) is 0 Å². The van der Waals surface area contributed by atoms with Crippen LogP contribution in [-0.2, 0) is 4.79 Å². The third kappa shape index (κ3) is 3.65. The van der Waals surface area contributed by atoms with Crippen LogP contribution in [0.3, 0.4) is 0 Å². The van der Waals surface area contributed by atoms with Gasteiger partial charge >= 0.3 is 5.69 Å². The second kappa shape index (κ2) is 5.89. The summed E-state index contributed by atoms with van der Waals surface area (Å²) in [6, 6.07) is 1.27. The van der Waals surface area contributed by atoms with E-state index in [9.17, 15) is 23.7 Å². The highest BCUT2D eigenvalue weighted by Crippen LogP contribution is 2.28. The zero-order valence-corrected chi connectivity index (χ0v) is 9.50. The molecule has 0 radical (unpaired) electrons. The van der Waals surface area contributed by atoms with Crippen LogP contribution in [-0.4, -0.2) is 23.9 Å². The topological polar surface area (TPSA) is 84.3 Å². The summed E-state index contributed by atoms with van der Waals surface area (Å²) in [5.41, 5.74) is -1.08. The molecule has 0 fully saturated rings. The summed E-state index contributed by atoms with van der Waals surface area (Å²) in [4.78, 5) is 20.3. The number of halogens is 2. The standard InChI is InChI=1S/C10H11F2N3O3/c1-6(16)13-2-3-14-9-5-7(11)4-8(12)10(9)15(17)18/h4-5,14H,2-3H2,1H3,(H,13,16). The van der Waals surface area contributed by atoms with Crippen molar-refractivity contribution in [3.05, 3.63) is 33.9 Å². The molecule has 0 aliphatic carbocycles. The van der Waals surface area contributed by atoms with Gasteiger partial charge in [0.2, 0.25) is 11.7 Å². The molecule has 0 aliphatic rings. The molecule has 0 bridgehead atoms. The Bertz CT molecular complexity index is 480. The highest BCUT2D eigenvalue weighted by atomic mass is 19.1. The number of nitrogens with zero attached hydrogens (tertiary/aromatic N) is 1. The van der Waals surface area contributed by atoms with E-state index in [1.807, 2.05) is 0 Å². The molecule has 2 N–H and O–H groups in total. The van der Waals surface area contributed by atoms with Gasteiger partial charge in [0, 0.05) is 32.1 Å². The van der Waals surface area contributed by atoms with Crippen molar-refractivity contribution in [1.82, 2.24) is 5.32 Å². The van der Waals surface area contributed by atoms with Crippen LogP contribution in [0, 0.1) is 21.7 Å². The van der Waals surface area contributed by atoms with Gasteiger partial charge in [-0.2, -0.15) is 4.39 Å². The monoisotopic (exact) mass is 259 g/mol. The first-order chi connectivity index (χ1) is 8.41. The Balaban J connectivity index is 2.80. The molecular weight excluding hydrogens is 248 g/mol. The smallest absolute Gasteiger partial charge is 0.327 e. The molecule has 0 aromatic heterocycles. The predicted molar refractivity (Wildman–Crippen MR) is 60.2 cm³/mol. The maximum Gasteiger partial charge on any atom is 0.327 e. The minimum Gasteiger partial charge on any atom is -0.378 e. The summed E-state index contributed by atoms with van der Waals surface area (Å²) in [5.74, 6) is -2.43. The quantitative estimate of drug-likeness (QED) is 0.476. The van der Waals surface area contributed by atoms with Gasteiger partial charge in [-0.05, 0) is 0 Å². The molecule has 8 heteroatoms. The van der Waals surface area contributed by atoms with Gasteiger partial charge in [0.1, 0.15) is 11.5 Å². The number of hydrogen-bond donors (Lipinski definition) is 2. The number of hydrogen-bond acceptors (Lipinski definition) is 4. The van der Waals surface area contributed by atoms with Crippen LogP contribution in [0.15, 0.2) is 12.1 Å². The highest BCUT2D eigenvalue weighted by molar-refractivity contribution is 5.72. The summed E-state index contributed by atoms with van der Waals surface area (Å²) in [6.45, 7) is 1.61. The molecule has 0 saturated carbocycles. The SMILES string of the molecule is CC(=O)NCCNc1cc(F)cc(F)c1[N+](=O)[O-]. The maximum atomic E-state index is 13.2. The molecule has 0 heterocycles. The number of rotatable bonds is 5. The van der Waals surface area contributed by atoms with Crippen LogP contribution < -0.4 is 10.6 Å². The molecule has 0 aliphatic heterocycles. The van der Waals surface area contributed by atoms with Crippen LogP contribution in [0.4, 0.5) is 20.2 Å². The fraction of sp³-hybridized carbons (Fsp3) is 0.300. The molecule has 6 nitrogen and oxygen atoms in total. The van der Waals surface area contributed by atoms with Crippen molar-refractivity contribution < 1.29 is 18.5 Å². The number of nitro groups is 1. The summed E-state index contributed by atoms with van der Waals surface area (Å²) in [5, 5.41) is 15.6. The number of benzene rings is 1. The fourth-order valence-electron chi connectivity index (χ4n) is 1.32. The van der Waals surface area contributed by atoms with Gasteiger partial charge in [-0.25, -0.2) is 4.39 Å². The second-order valence-corrected chi connectivity index (χ2v) is 3.45. The lowest BCUT2D eigenvalue weighted by Gasteiger charge is -2.08. The third-order valence-electron chi connectivity index (χ3n) is 2.03. The highest BCUT2D eigenvalue weighted by Gasteiger charge is 2.21. The number of amides is 1. The lowest BCUT2D eigenvalue weighted by atomic mass is 10.2. The van der Waals surface area contributed by atoms with E-state index in [1.165, 1.54) is 6.92 Å². The van der Waals surface area contributed by atoms with E-state index in [0.717, 1.165) is 6.07 Å². The Morgan fingerprint density at radius 2 is 2.06 bits per heavy atom. The van der Waals surface area contributed by atoms with Gasteiger partial charge in [0.25, 0.3) is 0 Å². The van der Waals surface area contributed by atoms with E-state index in [0.29, 0.717) is 6.07 Å². The van der Waals surface area contributed by atoms with Crippen LogP contribution >= 0.6 is 0 Å². The van der Waals surface area contributed by atoms with E-state index >= 15 is 0 Å². The number of nitro benzene ring substituents is 1. The number of carbonyl (C=O) groups excluding carboxylic acids is 1. The summed E-state index contributed by atoms with van der Waals surface area (Å²) in [7, 11) is 0. The molecule has 1 aromatic rings. The zero-order chi connectivity index (χ0) is 13.7. The van der Waals surface area contributed by atoms with Crippen molar-refractivity contribution in [2.45, 2.75) is 6.92 Å². The van der Waals surface area contributed by atoms with Gasteiger partial charge in [-0.3, -0.25) is 14.9 Å². The molecule has 18 heavy (non-hydrogen) atoms. The van der Waals surface area contributed by atoms with Crippen molar-refractivity contribution in [1.29, 1.82) is 0 Å². The third-order valence-corrected chi connectivity index (χ3v) is 2.03. The van der Waals surface area contributed by atoms with Crippen molar-refractivity contribution in [2.75, 3.05) is 18.4 Å². The van der Waals surface area contributed by atoms with Crippen molar-refractivity contribution in [3.63, 3.8) is 0 Å². The molecule has 1 amide bonds. The maximum absolute atomic E-state index is 13.2. The normalized spacial score (nSPS) is 9.94. The van der Waals surface area contributed by atoms with Crippen LogP contribution in [0.2, 0.25) is 0 Å². The minimum atomic E-state index is -1.25. The molecule has 0 saturated heterocycles. The molecular formula is C10H11F2N3O3. The average Bonchev–Trinajstić information content (AvgIpc) is 2.22. The second-order valence-electron chi connectivity index (χ2n) is 3.45. The van der Waals surface area contributed by atoms with Crippen molar-refractivity contribution in [2.24, 2.45) is 0 Å². The molecule has 1 rings (SSSR count). The fourth-order valence-corrected chi connectivity index (χ4v) is 1.32. The number of carbonyl (C=O) groups is 1. The molecule has 0 atom stereocenters. The Labute approximate surface area is 101 Å². The molecule has 98 valence electrons. The number of anilines is 1. The molecule has 0 unspecified atom stereocenters. The van der Waals surface area contributed by atoms with Crippen LogP contribution in [0.1, 0.15) is 6.92 Å². The van der Waals surface area contributed by atoms with Gasteiger partial charge in [0.05, 0.1) is 4.92 Å². The van der Waals surface area contributed by atoms with E-state index in [4.69, 9.17) is 0 Å². The minimum absolute atomic E-state index is 0.114. The van der Waals surface area contributed by atoms with Gasteiger partial charge in [-0.15, -0.1) is 0 Å². The first kappa shape index (κ1) is 13.8. The lowest BCUT2D eigenvalue weighted by molar-refractivity contribution is -0.386. The summed E-state index contributed by atoms with van der Waals surface area (Å²) >= 11 is 0. The first-order valence-corrected chi connectivity index (χ1v) is 5.03. The van der Waals surface area contributed by atoms with Crippen LogP contribution in [0.25, 0.3) is 0 Å². The van der Waals surface area contributed by atoms with E-state index in [2.05, 4.69) is 10.6 Å². The first-order valence-electron chi connectivity index (χ1n) is 5.03.